The quantitative estimate of drug-likeness (QED) is 0.839. The van der Waals surface area contributed by atoms with E-state index in [2.05, 4.69) is 15.3 Å². The summed E-state index contributed by atoms with van der Waals surface area (Å²) in [7, 11) is 1.80. The number of nitrogens with zero attached hydrogens (tertiary/aromatic N) is 3. The zero-order valence-corrected chi connectivity index (χ0v) is 10.4. The molecular formula is C12H18N4O. The van der Waals surface area contributed by atoms with Crippen LogP contribution in [0.2, 0.25) is 0 Å². The van der Waals surface area contributed by atoms with Gasteiger partial charge in [-0.05, 0) is 26.2 Å². The van der Waals surface area contributed by atoms with E-state index in [4.69, 9.17) is 0 Å². The molecule has 1 heterocycles. The molecule has 2 rings (SSSR count). The maximum absolute atomic E-state index is 11.7. The van der Waals surface area contributed by atoms with Crippen LogP contribution in [-0.4, -0.2) is 40.9 Å². The number of hydrogen-bond donors (Lipinski definition) is 1. The number of anilines is 1. The molecule has 0 saturated heterocycles. The Morgan fingerprint density at radius 2 is 2.29 bits per heavy atom. The van der Waals surface area contributed by atoms with Crippen molar-refractivity contribution in [2.24, 2.45) is 0 Å². The number of aryl methyl sites for hydroxylation is 1. The summed E-state index contributed by atoms with van der Waals surface area (Å²) in [6.45, 7) is 2.98. The zero-order chi connectivity index (χ0) is 12.3. The van der Waals surface area contributed by atoms with Crippen molar-refractivity contribution >= 4 is 11.7 Å². The summed E-state index contributed by atoms with van der Waals surface area (Å²) in [5, 5.41) is 3.12. The number of carbonyl (C=O) groups is 1. The first-order chi connectivity index (χ1) is 8.22. The summed E-state index contributed by atoms with van der Waals surface area (Å²) >= 11 is 0. The van der Waals surface area contributed by atoms with E-state index >= 15 is 0 Å². The number of hydrogen-bond acceptors (Lipinski definition) is 4. The molecule has 0 saturated carbocycles. The Balaban J connectivity index is 2.00. The van der Waals surface area contributed by atoms with Crippen LogP contribution in [-0.2, 0) is 17.6 Å². The van der Waals surface area contributed by atoms with Crippen LogP contribution in [0.25, 0.3) is 0 Å². The standard InChI is InChI=1S/C12H18N4O/c1-3-16(2)11(17)7-13-12-9-5-4-6-10(9)14-8-15-12/h8H,3-7H2,1-2H3,(H,13,14,15). The van der Waals surface area contributed by atoms with Crippen LogP contribution in [0.15, 0.2) is 6.33 Å². The van der Waals surface area contributed by atoms with Gasteiger partial charge in [0.15, 0.2) is 0 Å². The van der Waals surface area contributed by atoms with Crippen molar-refractivity contribution < 1.29 is 4.79 Å². The molecule has 5 heteroatoms. The third-order valence-electron chi connectivity index (χ3n) is 3.18. The van der Waals surface area contributed by atoms with Gasteiger partial charge in [0.25, 0.3) is 0 Å². The molecule has 0 fully saturated rings. The van der Waals surface area contributed by atoms with Crippen LogP contribution in [0.1, 0.15) is 24.6 Å². The number of aromatic nitrogens is 2. The number of likely N-dealkylation sites (N-methyl/N-ethyl adjacent to an activating group) is 1. The molecule has 1 N–H and O–H groups in total. The van der Waals surface area contributed by atoms with Gasteiger partial charge in [0, 0.05) is 24.8 Å². The molecule has 1 aliphatic carbocycles. The fraction of sp³-hybridized carbons (Fsp3) is 0.583. The summed E-state index contributed by atoms with van der Waals surface area (Å²) in [5.74, 6) is 0.906. The summed E-state index contributed by atoms with van der Waals surface area (Å²) in [4.78, 5) is 21.8. The normalized spacial score (nSPS) is 13.3. The molecule has 1 aliphatic rings. The van der Waals surface area contributed by atoms with Crippen LogP contribution < -0.4 is 5.32 Å². The number of amides is 1. The Kier molecular flexibility index (Phi) is 3.56. The van der Waals surface area contributed by atoms with E-state index < -0.39 is 0 Å². The van der Waals surface area contributed by atoms with Gasteiger partial charge in [0.05, 0.1) is 6.54 Å². The molecule has 0 atom stereocenters. The van der Waals surface area contributed by atoms with Gasteiger partial charge < -0.3 is 10.2 Å². The van der Waals surface area contributed by atoms with Crippen LogP contribution in [0.4, 0.5) is 5.82 Å². The number of rotatable bonds is 4. The highest BCUT2D eigenvalue weighted by Crippen LogP contribution is 2.24. The first-order valence-corrected chi connectivity index (χ1v) is 6.03. The van der Waals surface area contributed by atoms with Crippen LogP contribution in [0.5, 0.6) is 0 Å². The third kappa shape index (κ3) is 2.54. The third-order valence-corrected chi connectivity index (χ3v) is 3.18. The van der Waals surface area contributed by atoms with E-state index in [9.17, 15) is 4.79 Å². The van der Waals surface area contributed by atoms with Gasteiger partial charge in [-0.1, -0.05) is 0 Å². The molecule has 0 aliphatic heterocycles. The second-order valence-electron chi connectivity index (χ2n) is 4.26. The smallest absolute Gasteiger partial charge is 0.241 e. The Morgan fingerprint density at radius 1 is 1.47 bits per heavy atom. The second kappa shape index (κ2) is 5.12. The van der Waals surface area contributed by atoms with Crippen LogP contribution in [0.3, 0.4) is 0 Å². The SMILES string of the molecule is CCN(C)C(=O)CNc1ncnc2c1CCC2. The van der Waals surface area contributed by atoms with Crippen molar-refractivity contribution in [1.82, 2.24) is 14.9 Å². The molecule has 0 unspecified atom stereocenters. The minimum atomic E-state index is 0.0814. The first-order valence-electron chi connectivity index (χ1n) is 6.03. The zero-order valence-electron chi connectivity index (χ0n) is 10.4. The van der Waals surface area contributed by atoms with Crippen molar-refractivity contribution in [3.05, 3.63) is 17.6 Å². The lowest BCUT2D eigenvalue weighted by Gasteiger charge is -2.15. The molecule has 17 heavy (non-hydrogen) atoms. The fourth-order valence-electron chi connectivity index (χ4n) is 1.98. The predicted octanol–water partition coefficient (Wildman–Crippen LogP) is 0.855. The second-order valence-corrected chi connectivity index (χ2v) is 4.26. The highest BCUT2D eigenvalue weighted by atomic mass is 16.2. The Labute approximate surface area is 101 Å². The minimum Gasteiger partial charge on any atom is -0.361 e. The summed E-state index contributed by atoms with van der Waals surface area (Å²) in [6, 6.07) is 0. The lowest BCUT2D eigenvalue weighted by Crippen LogP contribution is -2.32. The van der Waals surface area contributed by atoms with Gasteiger partial charge in [0.2, 0.25) is 5.91 Å². The molecule has 5 nitrogen and oxygen atoms in total. The topological polar surface area (TPSA) is 58.1 Å². The summed E-state index contributed by atoms with van der Waals surface area (Å²) in [5.41, 5.74) is 2.30. The Morgan fingerprint density at radius 3 is 3.06 bits per heavy atom. The summed E-state index contributed by atoms with van der Waals surface area (Å²) in [6.07, 6.45) is 4.73. The van der Waals surface area contributed by atoms with E-state index in [1.165, 1.54) is 5.56 Å². The maximum Gasteiger partial charge on any atom is 0.241 e. The van der Waals surface area contributed by atoms with E-state index in [1.807, 2.05) is 6.92 Å². The maximum atomic E-state index is 11.7. The number of nitrogens with one attached hydrogen (secondary N) is 1. The Hall–Kier alpha value is -1.65. The van der Waals surface area contributed by atoms with Crippen molar-refractivity contribution in [2.75, 3.05) is 25.5 Å². The average molecular weight is 234 g/mol. The molecule has 0 bridgehead atoms. The molecule has 0 aromatic carbocycles. The molecule has 1 aromatic heterocycles. The van der Waals surface area contributed by atoms with Gasteiger partial charge in [-0.25, -0.2) is 9.97 Å². The summed E-state index contributed by atoms with van der Waals surface area (Å²) < 4.78 is 0. The van der Waals surface area contributed by atoms with Gasteiger partial charge in [0.1, 0.15) is 12.1 Å². The lowest BCUT2D eigenvalue weighted by molar-refractivity contribution is -0.127. The van der Waals surface area contributed by atoms with Crippen molar-refractivity contribution in [3.63, 3.8) is 0 Å². The monoisotopic (exact) mass is 234 g/mol. The number of fused-ring (bicyclic) bond motifs is 1. The van der Waals surface area contributed by atoms with Crippen LogP contribution >= 0.6 is 0 Å². The molecule has 1 aromatic rings. The van der Waals surface area contributed by atoms with Crippen LogP contribution in [0, 0.1) is 0 Å². The van der Waals surface area contributed by atoms with Crippen molar-refractivity contribution in [1.29, 1.82) is 0 Å². The highest BCUT2D eigenvalue weighted by molar-refractivity contribution is 5.80. The van der Waals surface area contributed by atoms with Gasteiger partial charge in [-0.15, -0.1) is 0 Å². The van der Waals surface area contributed by atoms with E-state index in [0.29, 0.717) is 6.54 Å². The van der Waals surface area contributed by atoms with Crippen molar-refractivity contribution in [2.45, 2.75) is 26.2 Å². The highest BCUT2D eigenvalue weighted by Gasteiger charge is 2.17. The van der Waals surface area contributed by atoms with Gasteiger partial charge in [-0.3, -0.25) is 4.79 Å². The lowest BCUT2D eigenvalue weighted by atomic mass is 10.2. The van der Waals surface area contributed by atoms with Crippen molar-refractivity contribution in [3.8, 4) is 0 Å². The number of carbonyl (C=O) groups excluding carboxylic acids is 1. The molecular weight excluding hydrogens is 216 g/mol. The van der Waals surface area contributed by atoms with Gasteiger partial charge >= 0.3 is 0 Å². The first kappa shape index (κ1) is 11.8. The van der Waals surface area contributed by atoms with Gasteiger partial charge in [-0.2, -0.15) is 0 Å². The Bertz CT molecular complexity index is 419. The van der Waals surface area contributed by atoms with E-state index in [-0.39, 0.29) is 5.91 Å². The van der Waals surface area contributed by atoms with E-state index in [0.717, 1.165) is 37.3 Å². The molecule has 0 radical (unpaired) electrons. The van der Waals surface area contributed by atoms with E-state index in [1.54, 1.807) is 18.3 Å². The molecule has 92 valence electrons. The molecule has 1 amide bonds. The predicted molar refractivity (Wildman–Crippen MR) is 65.9 cm³/mol. The fourth-order valence-corrected chi connectivity index (χ4v) is 1.98. The largest absolute Gasteiger partial charge is 0.361 e. The minimum absolute atomic E-state index is 0.0814. The molecule has 0 spiro atoms. The average Bonchev–Trinajstić information content (AvgIpc) is 2.83.